The van der Waals surface area contributed by atoms with Gasteiger partial charge < -0.3 is 10.2 Å². The molecule has 0 bridgehead atoms. The van der Waals surface area contributed by atoms with E-state index in [9.17, 15) is 0 Å². The maximum Gasteiger partial charge on any atom is 0.188 e. The van der Waals surface area contributed by atoms with Crippen LogP contribution in [-0.2, 0) is 0 Å². The standard InChI is InChI=1S/C16H17N7S/c1-11-20-12(9-14(21-11)22-16-19-6-8-24-16)13-3-2-7-23(13)15-10-17-4-5-18-15/h4-6,8-10,13H,2-3,7H2,1H3,(H,19,20,21,22). The van der Waals surface area contributed by atoms with Gasteiger partial charge in [-0.15, -0.1) is 11.3 Å². The van der Waals surface area contributed by atoms with Crippen LogP contribution in [0.25, 0.3) is 0 Å². The molecular formula is C16H17N7S. The van der Waals surface area contributed by atoms with Crippen LogP contribution in [0.5, 0.6) is 0 Å². The molecule has 122 valence electrons. The average molecular weight is 339 g/mol. The van der Waals surface area contributed by atoms with E-state index in [1.165, 1.54) is 0 Å². The van der Waals surface area contributed by atoms with Gasteiger partial charge in [-0.05, 0) is 19.8 Å². The van der Waals surface area contributed by atoms with Crippen molar-refractivity contribution in [3.05, 3.63) is 47.8 Å². The van der Waals surface area contributed by atoms with E-state index in [-0.39, 0.29) is 6.04 Å². The summed E-state index contributed by atoms with van der Waals surface area (Å²) in [7, 11) is 0. The smallest absolute Gasteiger partial charge is 0.188 e. The molecule has 0 amide bonds. The van der Waals surface area contributed by atoms with Gasteiger partial charge in [0.15, 0.2) is 5.13 Å². The Hall–Kier alpha value is -2.61. The minimum atomic E-state index is 0.195. The van der Waals surface area contributed by atoms with E-state index >= 15 is 0 Å². The van der Waals surface area contributed by atoms with E-state index in [1.54, 1.807) is 36.1 Å². The van der Waals surface area contributed by atoms with Crippen LogP contribution in [0.2, 0.25) is 0 Å². The highest BCUT2D eigenvalue weighted by Crippen LogP contribution is 2.34. The summed E-state index contributed by atoms with van der Waals surface area (Å²) in [6, 6.07) is 2.20. The molecule has 8 heteroatoms. The first kappa shape index (κ1) is 14.9. The SMILES string of the molecule is Cc1nc(Nc2nccs2)cc(C2CCCN2c2cnccn2)n1. The number of hydrogen-bond acceptors (Lipinski definition) is 8. The Morgan fingerprint density at radius 2 is 2.17 bits per heavy atom. The third-order valence-corrected chi connectivity index (χ3v) is 4.65. The van der Waals surface area contributed by atoms with E-state index in [2.05, 4.69) is 35.1 Å². The predicted molar refractivity (Wildman–Crippen MR) is 93.5 cm³/mol. The molecule has 1 unspecified atom stereocenters. The van der Waals surface area contributed by atoms with Crippen molar-refractivity contribution in [3.8, 4) is 0 Å². The second-order valence-corrected chi connectivity index (χ2v) is 6.50. The normalized spacial score (nSPS) is 17.2. The molecule has 0 radical (unpaired) electrons. The highest BCUT2D eigenvalue weighted by Gasteiger charge is 2.29. The van der Waals surface area contributed by atoms with E-state index in [1.807, 2.05) is 18.4 Å². The summed E-state index contributed by atoms with van der Waals surface area (Å²) in [5, 5.41) is 6.02. The molecule has 3 aromatic heterocycles. The quantitative estimate of drug-likeness (QED) is 0.782. The van der Waals surface area contributed by atoms with Gasteiger partial charge in [-0.3, -0.25) is 4.98 Å². The summed E-state index contributed by atoms with van der Waals surface area (Å²) < 4.78 is 0. The van der Waals surface area contributed by atoms with Crippen LogP contribution >= 0.6 is 11.3 Å². The molecule has 4 rings (SSSR count). The first-order chi connectivity index (χ1) is 11.8. The Morgan fingerprint density at radius 1 is 1.21 bits per heavy atom. The number of thiazole rings is 1. The molecule has 1 aliphatic heterocycles. The minimum Gasteiger partial charge on any atom is -0.347 e. The first-order valence-corrected chi connectivity index (χ1v) is 8.72. The number of nitrogens with zero attached hydrogens (tertiary/aromatic N) is 6. The van der Waals surface area contributed by atoms with Crippen LogP contribution < -0.4 is 10.2 Å². The molecule has 3 aromatic rings. The molecular weight excluding hydrogens is 322 g/mol. The van der Waals surface area contributed by atoms with Crippen molar-refractivity contribution < 1.29 is 0 Å². The second-order valence-electron chi connectivity index (χ2n) is 5.60. The average Bonchev–Trinajstić information content (AvgIpc) is 3.26. The van der Waals surface area contributed by atoms with E-state index in [0.717, 1.165) is 47.7 Å². The molecule has 24 heavy (non-hydrogen) atoms. The second kappa shape index (κ2) is 6.48. The largest absolute Gasteiger partial charge is 0.347 e. The highest BCUT2D eigenvalue weighted by molar-refractivity contribution is 7.13. The molecule has 1 fully saturated rings. The molecule has 1 atom stereocenters. The molecule has 0 aliphatic carbocycles. The van der Waals surface area contributed by atoms with Gasteiger partial charge in [0.1, 0.15) is 17.5 Å². The van der Waals surface area contributed by atoms with Gasteiger partial charge >= 0.3 is 0 Å². The van der Waals surface area contributed by atoms with Crippen molar-refractivity contribution in [2.75, 3.05) is 16.8 Å². The van der Waals surface area contributed by atoms with Gasteiger partial charge in [-0.1, -0.05) is 0 Å². The van der Waals surface area contributed by atoms with Crippen LogP contribution in [0.15, 0.2) is 36.2 Å². The Kier molecular flexibility index (Phi) is 4.04. The van der Waals surface area contributed by atoms with E-state index < -0.39 is 0 Å². The zero-order valence-electron chi connectivity index (χ0n) is 13.3. The number of nitrogens with one attached hydrogen (secondary N) is 1. The number of aryl methyl sites for hydroxylation is 1. The zero-order chi connectivity index (χ0) is 16.4. The maximum absolute atomic E-state index is 4.66. The van der Waals surface area contributed by atoms with E-state index in [0.29, 0.717) is 0 Å². The van der Waals surface area contributed by atoms with E-state index in [4.69, 9.17) is 0 Å². The zero-order valence-corrected chi connectivity index (χ0v) is 14.1. The summed E-state index contributed by atoms with van der Waals surface area (Å²) in [6.07, 6.45) is 9.16. The van der Waals surface area contributed by atoms with Crippen molar-refractivity contribution in [1.29, 1.82) is 0 Å². The molecule has 1 aliphatic rings. The number of anilines is 3. The van der Waals surface area contributed by atoms with Gasteiger partial charge in [0, 0.05) is 36.6 Å². The lowest BCUT2D eigenvalue weighted by atomic mass is 10.1. The molecule has 4 heterocycles. The number of hydrogen-bond donors (Lipinski definition) is 1. The summed E-state index contributed by atoms with van der Waals surface area (Å²) in [6.45, 7) is 2.87. The molecule has 0 spiro atoms. The third kappa shape index (κ3) is 3.05. The molecule has 1 saturated heterocycles. The molecule has 0 aromatic carbocycles. The minimum absolute atomic E-state index is 0.195. The lowest BCUT2D eigenvalue weighted by molar-refractivity contribution is 0.680. The maximum atomic E-state index is 4.66. The molecule has 7 nitrogen and oxygen atoms in total. The lowest BCUT2D eigenvalue weighted by Crippen LogP contribution is -2.24. The van der Waals surface area contributed by atoms with Gasteiger partial charge in [-0.25, -0.2) is 19.9 Å². The third-order valence-electron chi connectivity index (χ3n) is 3.96. The monoisotopic (exact) mass is 339 g/mol. The van der Waals surface area contributed by atoms with Crippen LogP contribution in [0.4, 0.5) is 16.8 Å². The van der Waals surface area contributed by atoms with Crippen LogP contribution in [-0.4, -0.2) is 31.5 Å². The van der Waals surface area contributed by atoms with Gasteiger partial charge in [0.05, 0.1) is 17.9 Å². The van der Waals surface area contributed by atoms with Gasteiger partial charge in [0.25, 0.3) is 0 Å². The van der Waals surface area contributed by atoms with Crippen molar-refractivity contribution in [1.82, 2.24) is 24.9 Å². The Balaban J connectivity index is 1.64. The lowest BCUT2D eigenvalue weighted by Gasteiger charge is -2.25. The van der Waals surface area contributed by atoms with Crippen LogP contribution in [0.3, 0.4) is 0 Å². The molecule has 1 N–H and O–H groups in total. The molecule has 0 saturated carbocycles. The van der Waals surface area contributed by atoms with Crippen molar-refractivity contribution in [3.63, 3.8) is 0 Å². The topological polar surface area (TPSA) is 79.7 Å². The highest BCUT2D eigenvalue weighted by atomic mass is 32.1. The van der Waals surface area contributed by atoms with Crippen LogP contribution in [0, 0.1) is 6.92 Å². The summed E-state index contributed by atoms with van der Waals surface area (Å²) in [4.78, 5) is 24.3. The summed E-state index contributed by atoms with van der Waals surface area (Å²) >= 11 is 1.55. The Bertz CT molecular complexity index is 807. The number of rotatable bonds is 4. The fourth-order valence-corrected chi connectivity index (χ4v) is 3.54. The Morgan fingerprint density at radius 3 is 2.96 bits per heavy atom. The van der Waals surface area contributed by atoms with Crippen LogP contribution in [0.1, 0.15) is 30.4 Å². The summed E-state index contributed by atoms with van der Waals surface area (Å²) in [5.74, 6) is 2.42. The fraction of sp³-hybridized carbons (Fsp3) is 0.312. The van der Waals surface area contributed by atoms with Crippen molar-refractivity contribution in [2.24, 2.45) is 0 Å². The van der Waals surface area contributed by atoms with Crippen molar-refractivity contribution >= 4 is 28.1 Å². The van der Waals surface area contributed by atoms with Gasteiger partial charge in [0.2, 0.25) is 0 Å². The summed E-state index contributed by atoms with van der Waals surface area (Å²) in [5.41, 5.74) is 1.00. The van der Waals surface area contributed by atoms with Crippen molar-refractivity contribution in [2.45, 2.75) is 25.8 Å². The Labute approximate surface area is 143 Å². The predicted octanol–water partition coefficient (Wildman–Crippen LogP) is 3.12. The van der Waals surface area contributed by atoms with Gasteiger partial charge in [-0.2, -0.15) is 0 Å². The number of aromatic nitrogens is 5. The first-order valence-electron chi connectivity index (χ1n) is 7.84. The fourth-order valence-electron chi connectivity index (χ4n) is 3.01.